The first kappa shape index (κ1) is 22.9. The van der Waals surface area contributed by atoms with Gasteiger partial charge >= 0.3 is 0 Å². The Kier molecular flexibility index (Phi) is 6.46. The third-order valence-electron chi connectivity index (χ3n) is 6.18. The zero-order valence-electron chi connectivity index (χ0n) is 18.5. The molecule has 33 heavy (non-hydrogen) atoms. The number of likely N-dealkylation sites (tertiary alicyclic amines) is 1. The van der Waals surface area contributed by atoms with Gasteiger partial charge in [-0.05, 0) is 37.1 Å². The van der Waals surface area contributed by atoms with E-state index in [1.807, 2.05) is 4.90 Å². The van der Waals surface area contributed by atoms with Crippen molar-refractivity contribution in [2.24, 2.45) is 0 Å². The maximum atomic E-state index is 13.4. The van der Waals surface area contributed by atoms with E-state index in [1.165, 1.54) is 24.3 Å². The first-order valence-electron chi connectivity index (χ1n) is 10.6. The molecule has 9 nitrogen and oxygen atoms in total. The Morgan fingerprint density at radius 2 is 1.55 bits per heavy atom. The van der Waals surface area contributed by atoms with E-state index in [0.29, 0.717) is 55.1 Å². The van der Waals surface area contributed by atoms with Gasteiger partial charge in [0.15, 0.2) is 0 Å². The molecule has 2 aromatic rings. The van der Waals surface area contributed by atoms with Gasteiger partial charge in [0, 0.05) is 54.7 Å². The molecule has 4 rings (SSSR count). The minimum atomic E-state index is -0.486. The van der Waals surface area contributed by atoms with Crippen LogP contribution >= 0.6 is 11.8 Å². The highest BCUT2D eigenvalue weighted by atomic mass is 32.2. The van der Waals surface area contributed by atoms with Crippen molar-refractivity contribution < 1.29 is 24.0 Å². The molecule has 2 amide bonds. The summed E-state index contributed by atoms with van der Waals surface area (Å²) in [5, 5.41) is 10.8. The summed E-state index contributed by atoms with van der Waals surface area (Å²) in [5.74, 6) is 1.72. The highest BCUT2D eigenvalue weighted by molar-refractivity contribution is 8.00. The topological polar surface area (TPSA) is 102 Å². The number of hydrogen-bond acceptors (Lipinski definition) is 7. The van der Waals surface area contributed by atoms with Crippen LogP contribution in [0.4, 0.5) is 5.69 Å². The van der Waals surface area contributed by atoms with Gasteiger partial charge in [0.05, 0.1) is 24.0 Å². The Bertz CT molecular complexity index is 1040. The van der Waals surface area contributed by atoms with Crippen LogP contribution in [0.1, 0.15) is 33.6 Å². The first-order valence-corrected chi connectivity index (χ1v) is 11.6. The summed E-state index contributed by atoms with van der Waals surface area (Å²) in [6, 6.07) is 10.8. The highest BCUT2D eigenvalue weighted by Gasteiger charge is 2.47. The summed E-state index contributed by atoms with van der Waals surface area (Å²) in [6.07, 6.45) is 1.31. The van der Waals surface area contributed by atoms with Crippen molar-refractivity contribution >= 4 is 29.3 Å². The van der Waals surface area contributed by atoms with Gasteiger partial charge in [0.25, 0.3) is 17.5 Å². The van der Waals surface area contributed by atoms with Crippen LogP contribution in [0.3, 0.4) is 0 Å². The average molecular weight is 472 g/mol. The van der Waals surface area contributed by atoms with E-state index in [4.69, 9.17) is 9.47 Å². The van der Waals surface area contributed by atoms with Crippen LogP contribution in [0.2, 0.25) is 0 Å². The monoisotopic (exact) mass is 471 g/mol. The van der Waals surface area contributed by atoms with Crippen molar-refractivity contribution in [3.63, 3.8) is 0 Å². The van der Waals surface area contributed by atoms with E-state index in [2.05, 4.69) is 0 Å². The fourth-order valence-corrected chi connectivity index (χ4v) is 5.82. The first-order chi connectivity index (χ1) is 15.9. The molecular formula is C23H25N3O6S. The van der Waals surface area contributed by atoms with Crippen LogP contribution in [0.15, 0.2) is 42.5 Å². The number of nitro benzene ring substituents is 1. The standard InChI is InChI=1S/C23H25N3O6S/c1-31-19-13-17(14-20(15-19)32-2)22(28)25-11-12-33-23(25)7-9-24(10-8-23)21(27)16-3-5-18(6-4-16)26(29)30/h3-6,13-15H,7-12H2,1-2H3. The summed E-state index contributed by atoms with van der Waals surface area (Å²) < 4.78 is 10.6. The Labute approximate surface area is 195 Å². The summed E-state index contributed by atoms with van der Waals surface area (Å²) >= 11 is 1.76. The molecular weight excluding hydrogens is 446 g/mol. The van der Waals surface area contributed by atoms with Crippen LogP contribution in [0, 0.1) is 10.1 Å². The summed E-state index contributed by atoms with van der Waals surface area (Å²) in [7, 11) is 3.10. The molecule has 2 heterocycles. The second-order valence-electron chi connectivity index (χ2n) is 7.95. The number of nitrogens with zero attached hydrogens (tertiary/aromatic N) is 3. The second kappa shape index (κ2) is 9.30. The predicted octanol–water partition coefficient (Wildman–Crippen LogP) is 3.43. The lowest BCUT2D eigenvalue weighted by molar-refractivity contribution is -0.384. The van der Waals surface area contributed by atoms with Crippen LogP contribution < -0.4 is 9.47 Å². The number of piperidine rings is 1. The number of benzene rings is 2. The molecule has 2 fully saturated rings. The number of hydrogen-bond donors (Lipinski definition) is 0. The van der Waals surface area contributed by atoms with Gasteiger partial charge in [-0.2, -0.15) is 0 Å². The van der Waals surface area contributed by atoms with Crippen LogP contribution in [0.5, 0.6) is 11.5 Å². The summed E-state index contributed by atoms with van der Waals surface area (Å²) in [6.45, 7) is 1.65. The SMILES string of the molecule is COc1cc(OC)cc(C(=O)N2CCSC23CCN(C(=O)c2ccc([N+](=O)[O-])cc2)CC3)c1. The van der Waals surface area contributed by atoms with Gasteiger partial charge in [0.2, 0.25) is 0 Å². The highest BCUT2D eigenvalue weighted by Crippen LogP contribution is 2.45. The van der Waals surface area contributed by atoms with Crippen molar-refractivity contribution in [2.45, 2.75) is 17.7 Å². The smallest absolute Gasteiger partial charge is 0.269 e. The van der Waals surface area contributed by atoms with Crippen molar-refractivity contribution in [3.05, 3.63) is 63.7 Å². The van der Waals surface area contributed by atoms with E-state index < -0.39 is 4.92 Å². The molecule has 2 aliphatic rings. The number of amides is 2. The zero-order chi connectivity index (χ0) is 23.6. The van der Waals surface area contributed by atoms with Crippen LogP contribution in [-0.2, 0) is 0 Å². The number of ether oxygens (including phenoxy) is 2. The third kappa shape index (κ3) is 4.47. The molecule has 2 aliphatic heterocycles. The quantitative estimate of drug-likeness (QED) is 0.486. The Hall–Kier alpha value is -3.27. The van der Waals surface area contributed by atoms with Crippen molar-refractivity contribution in [3.8, 4) is 11.5 Å². The fourth-order valence-electron chi connectivity index (χ4n) is 4.36. The minimum absolute atomic E-state index is 0.0465. The van der Waals surface area contributed by atoms with E-state index in [0.717, 1.165) is 5.75 Å². The lowest BCUT2D eigenvalue weighted by atomic mass is 10.00. The fraction of sp³-hybridized carbons (Fsp3) is 0.391. The Balaban J connectivity index is 1.47. The normalized spacial score (nSPS) is 17.2. The lowest BCUT2D eigenvalue weighted by Gasteiger charge is -2.44. The summed E-state index contributed by atoms with van der Waals surface area (Å²) in [4.78, 5) is 40.0. The molecule has 0 bridgehead atoms. The van der Waals surface area contributed by atoms with E-state index in [9.17, 15) is 19.7 Å². The van der Waals surface area contributed by atoms with Gasteiger partial charge in [-0.15, -0.1) is 11.8 Å². The minimum Gasteiger partial charge on any atom is -0.497 e. The number of methoxy groups -OCH3 is 2. The van der Waals surface area contributed by atoms with Gasteiger partial charge in [-0.25, -0.2) is 0 Å². The molecule has 0 aromatic heterocycles. The van der Waals surface area contributed by atoms with E-state index in [-0.39, 0.29) is 22.4 Å². The van der Waals surface area contributed by atoms with E-state index in [1.54, 1.807) is 49.1 Å². The lowest BCUT2D eigenvalue weighted by Crippen LogP contribution is -2.53. The molecule has 10 heteroatoms. The number of non-ortho nitro benzene ring substituents is 1. The maximum absolute atomic E-state index is 13.4. The van der Waals surface area contributed by atoms with Gasteiger partial charge < -0.3 is 19.3 Å². The molecule has 1 spiro atoms. The molecule has 174 valence electrons. The number of rotatable bonds is 5. The number of nitro groups is 1. The predicted molar refractivity (Wildman–Crippen MR) is 124 cm³/mol. The molecule has 0 saturated carbocycles. The Morgan fingerprint density at radius 3 is 2.09 bits per heavy atom. The van der Waals surface area contributed by atoms with Crippen LogP contribution in [0.25, 0.3) is 0 Å². The number of carbonyl (C=O) groups is 2. The second-order valence-corrected chi connectivity index (χ2v) is 9.41. The van der Waals surface area contributed by atoms with Crippen molar-refractivity contribution in [1.29, 1.82) is 0 Å². The molecule has 0 atom stereocenters. The largest absolute Gasteiger partial charge is 0.497 e. The molecule has 2 saturated heterocycles. The zero-order valence-corrected chi connectivity index (χ0v) is 19.3. The van der Waals surface area contributed by atoms with Gasteiger partial charge in [0.1, 0.15) is 11.5 Å². The van der Waals surface area contributed by atoms with Crippen molar-refractivity contribution in [1.82, 2.24) is 9.80 Å². The number of thioether (sulfide) groups is 1. The Morgan fingerprint density at radius 1 is 0.939 bits per heavy atom. The molecule has 0 radical (unpaired) electrons. The number of carbonyl (C=O) groups excluding carboxylic acids is 2. The molecule has 0 N–H and O–H groups in total. The molecule has 0 aliphatic carbocycles. The molecule has 0 unspecified atom stereocenters. The van der Waals surface area contributed by atoms with Crippen molar-refractivity contribution in [2.75, 3.05) is 39.6 Å². The van der Waals surface area contributed by atoms with Gasteiger partial charge in [-0.3, -0.25) is 19.7 Å². The van der Waals surface area contributed by atoms with Crippen LogP contribution in [-0.4, -0.2) is 71.0 Å². The third-order valence-corrected chi connectivity index (χ3v) is 7.73. The maximum Gasteiger partial charge on any atom is 0.269 e. The average Bonchev–Trinajstić information content (AvgIpc) is 3.25. The van der Waals surface area contributed by atoms with E-state index >= 15 is 0 Å². The van der Waals surface area contributed by atoms with Gasteiger partial charge in [-0.1, -0.05) is 0 Å². The summed E-state index contributed by atoms with van der Waals surface area (Å²) in [5.41, 5.74) is 0.888. The molecule has 2 aromatic carbocycles.